The largest absolute Gasteiger partial charge is 0.468 e. The van der Waals surface area contributed by atoms with E-state index in [0.717, 1.165) is 12.2 Å². The van der Waals surface area contributed by atoms with Crippen LogP contribution in [0.25, 0.3) is 0 Å². The molecule has 0 spiro atoms. The number of carbonyl (C=O) groups is 1. The van der Waals surface area contributed by atoms with Crippen molar-refractivity contribution in [1.82, 2.24) is 5.32 Å². The van der Waals surface area contributed by atoms with Crippen molar-refractivity contribution in [3.05, 3.63) is 29.8 Å². The second kappa shape index (κ2) is 6.57. The first-order chi connectivity index (χ1) is 8.92. The Kier molecular flexibility index (Phi) is 5.36. The SMILES string of the molecule is CNC(C)(CCN(C)c1ccc(C)cc1)C(=O)OC. The summed E-state index contributed by atoms with van der Waals surface area (Å²) in [7, 11) is 5.22. The highest BCUT2D eigenvalue weighted by Crippen LogP contribution is 2.17. The minimum absolute atomic E-state index is 0.229. The van der Waals surface area contributed by atoms with Gasteiger partial charge in [-0.25, -0.2) is 0 Å². The highest BCUT2D eigenvalue weighted by molar-refractivity contribution is 5.80. The molecule has 0 aliphatic rings. The van der Waals surface area contributed by atoms with E-state index in [2.05, 4.69) is 41.4 Å². The van der Waals surface area contributed by atoms with Gasteiger partial charge in [0, 0.05) is 19.3 Å². The number of nitrogens with one attached hydrogen (secondary N) is 1. The van der Waals surface area contributed by atoms with E-state index in [-0.39, 0.29) is 5.97 Å². The molecule has 19 heavy (non-hydrogen) atoms. The summed E-state index contributed by atoms with van der Waals surface area (Å²) in [6, 6.07) is 8.35. The number of methoxy groups -OCH3 is 1. The highest BCUT2D eigenvalue weighted by Gasteiger charge is 2.32. The van der Waals surface area contributed by atoms with E-state index in [0.29, 0.717) is 6.42 Å². The van der Waals surface area contributed by atoms with E-state index in [1.54, 1.807) is 7.05 Å². The minimum atomic E-state index is -0.645. The molecule has 0 saturated heterocycles. The van der Waals surface area contributed by atoms with Crippen LogP contribution in [0.3, 0.4) is 0 Å². The Labute approximate surface area is 115 Å². The van der Waals surface area contributed by atoms with Crippen LogP contribution in [0, 0.1) is 6.92 Å². The van der Waals surface area contributed by atoms with Gasteiger partial charge in [-0.1, -0.05) is 17.7 Å². The van der Waals surface area contributed by atoms with Crippen LogP contribution >= 0.6 is 0 Å². The number of benzene rings is 1. The maximum Gasteiger partial charge on any atom is 0.325 e. The number of nitrogens with zero attached hydrogens (tertiary/aromatic N) is 1. The molecule has 0 fully saturated rings. The van der Waals surface area contributed by atoms with Crippen molar-refractivity contribution >= 4 is 11.7 Å². The third kappa shape index (κ3) is 3.96. The van der Waals surface area contributed by atoms with Crippen LogP contribution in [0.1, 0.15) is 18.9 Å². The molecule has 4 heteroatoms. The molecule has 4 nitrogen and oxygen atoms in total. The number of carbonyl (C=O) groups excluding carboxylic acids is 1. The molecule has 0 amide bonds. The highest BCUT2D eigenvalue weighted by atomic mass is 16.5. The minimum Gasteiger partial charge on any atom is -0.468 e. The lowest BCUT2D eigenvalue weighted by Crippen LogP contribution is -2.50. The summed E-state index contributed by atoms with van der Waals surface area (Å²) in [5.74, 6) is -0.229. The lowest BCUT2D eigenvalue weighted by molar-refractivity contribution is -0.147. The summed E-state index contributed by atoms with van der Waals surface area (Å²) in [4.78, 5) is 13.9. The quantitative estimate of drug-likeness (QED) is 0.798. The molecule has 0 aromatic heterocycles. The van der Waals surface area contributed by atoms with Crippen LogP contribution in [-0.2, 0) is 9.53 Å². The van der Waals surface area contributed by atoms with Gasteiger partial charge in [0.2, 0.25) is 0 Å². The lowest BCUT2D eigenvalue weighted by Gasteiger charge is -2.29. The summed E-state index contributed by atoms with van der Waals surface area (Å²) < 4.78 is 4.84. The zero-order valence-electron chi connectivity index (χ0n) is 12.5. The number of hydrogen-bond acceptors (Lipinski definition) is 4. The van der Waals surface area contributed by atoms with Gasteiger partial charge in [0.25, 0.3) is 0 Å². The molecule has 1 unspecified atom stereocenters. The molecular formula is C15H24N2O2. The van der Waals surface area contributed by atoms with Gasteiger partial charge in [-0.3, -0.25) is 4.79 Å². The van der Waals surface area contributed by atoms with Crippen LogP contribution in [-0.4, -0.2) is 39.3 Å². The first kappa shape index (κ1) is 15.5. The van der Waals surface area contributed by atoms with Crippen molar-refractivity contribution in [3.8, 4) is 0 Å². The normalized spacial score (nSPS) is 13.7. The Hall–Kier alpha value is -1.55. The Morgan fingerprint density at radius 2 is 1.95 bits per heavy atom. The first-order valence-corrected chi connectivity index (χ1v) is 6.48. The van der Waals surface area contributed by atoms with Crippen molar-refractivity contribution in [2.45, 2.75) is 25.8 Å². The van der Waals surface area contributed by atoms with Crippen molar-refractivity contribution in [1.29, 1.82) is 0 Å². The van der Waals surface area contributed by atoms with Gasteiger partial charge in [0.1, 0.15) is 5.54 Å². The molecule has 1 aromatic rings. The molecular weight excluding hydrogens is 240 g/mol. The summed E-state index contributed by atoms with van der Waals surface area (Å²) >= 11 is 0. The van der Waals surface area contributed by atoms with Gasteiger partial charge in [-0.2, -0.15) is 0 Å². The zero-order chi connectivity index (χ0) is 14.5. The third-order valence-corrected chi connectivity index (χ3v) is 3.61. The topological polar surface area (TPSA) is 41.6 Å². The summed E-state index contributed by atoms with van der Waals surface area (Å²) in [6.45, 7) is 4.70. The van der Waals surface area contributed by atoms with Crippen LogP contribution in [0.2, 0.25) is 0 Å². The summed E-state index contributed by atoms with van der Waals surface area (Å²) in [6.07, 6.45) is 0.681. The van der Waals surface area contributed by atoms with E-state index in [4.69, 9.17) is 4.74 Å². The van der Waals surface area contributed by atoms with Crippen LogP contribution in [0.15, 0.2) is 24.3 Å². The van der Waals surface area contributed by atoms with E-state index in [9.17, 15) is 4.79 Å². The molecule has 1 N–H and O–H groups in total. The van der Waals surface area contributed by atoms with E-state index >= 15 is 0 Å². The fraction of sp³-hybridized carbons (Fsp3) is 0.533. The van der Waals surface area contributed by atoms with Crippen molar-refractivity contribution in [2.24, 2.45) is 0 Å². The Morgan fingerprint density at radius 3 is 2.42 bits per heavy atom. The maximum atomic E-state index is 11.8. The lowest BCUT2D eigenvalue weighted by atomic mass is 9.98. The molecule has 0 aliphatic heterocycles. The van der Waals surface area contributed by atoms with E-state index in [1.807, 2.05) is 14.0 Å². The molecule has 1 aromatic carbocycles. The van der Waals surface area contributed by atoms with Gasteiger partial charge in [-0.15, -0.1) is 0 Å². The fourth-order valence-corrected chi connectivity index (χ4v) is 1.87. The van der Waals surface area contributed by atoms with Gasteiger partial charge in [-0.05, 0) is 39.4 Å². The second-order valence-corrected chi connectivity index (χ2v) is 5.08. The molecule has 1 rings (SSSR count). The average Bonchev–Trinajstić information content (AvgIpc) is 2.44. The smallest absolute Gasteiger partial charge is 0.325 e. The number of likely N-dealkylation sites (N-methyl/N-ethyl adjacent to an activating group) is 1. The number of esters is 1. The number of aryl methyl sites for hydroxylation is 1. The molecule has 0 radical (unpaired) electrons. The van der Waals surface area contributed by atoms with Gasteiger partial charge in [0.15, 0.2) is 0 Å². The second-order valence-electron chi connectivity index (χ2n) is 5.08. The fourth-order valence-electron chi connectivity index (χ4n) is 1.87. The third-order valence-electron chi connectivity index (χ3n) is 3.61. The van der Waals surface area contributed by atoms with Gasteiger partial charge in [0.05, 0.1) is 7.11 Å². The van der Waals surface area contributed by atoms with Gasteiger partial charge >= 0.3 is 5.97 Å². The number of rotatable bonds is 6. The Morgan fingerprint density at radius 1 is 1.37 bits per heavy atom. The number of anilines is 1. The molecule has 0 saturated carbocycles. The molecule has 106 valence electrons. The van der Waals surface area contributed by atoms with Crippen molar-refractivity contribution < 1.29 is 9.53 Å². The Balaban J connectivity index is 2.64. The van der Waals surface area contributed by atoms with E-state index in [1.165, 1.54) is 12.7 Å². The number of ether oxygens (including phenoxy) is 1. The summed E-state index contributed by atoms with van der Waals surface area (Å²) in [5, 5.41) is 3.04. The monoisotopic (exact) mass is 264 g/mol. The van der Waals surface area contributed by atoms with E-state index < -0.39 is 5.54 Å². The Bertz CT molecular complexity index is 417. The van der Waals surface area contributed by atoms with Crippen LogP contribution in [0.4, 0.5) is 5.69 Å². The summed E-state index contributed by atoms with van der Waals surface area (Å²) in [5.41, 5.74) is 1.74. The molecule has 0 heterocycles. The standard InChI is InChI=1S/C15H24N2O2/c1-12-6-8-13(9-7-12)17(4)11-10-15(2,16-3)14(18)19-5/h6-9,16H,10-11H2,1-5H3. The first-order valence-electron chi connectivity index (χ1n) is 6.48. The molecule has 0 aliphatic carbocycles. The zero-order valence-corrected chi connectivity index (χ0v) is 12.5. The predicted octanol–water partition coefficient (Wildman–Crippen LogP) is 1.97. The van der Waals surface area contributed by atoms with Gasteiger partial charge < -0.3 is 15.0 Å². The average molecular weight is 264 g/mol. The molecule has 1 atom stereocenters. The van der Waals surface area contributed by atoms with Crippen molar-refractivity contribution in [2.75, 3.05) is 32.6 Å². The van der Waals surface area contributed by atoms with Crippen LogP contribution in [0.5, 0.6) is 0 Å². The predicted molar refractivity (Wildman–Crippen MR) is 78.5 cm³/mol. The van der Waals surface area contributed by atoms with Crippen LogP contribution < -0.4 is 10.2 Å². The van der Waals surface area contributed by atoms with Crippen molar-refractivity contribution in [3.63, 3.8) is 0 Å². The number of hydrogen-bond donors (Lipinski definition) is 1. The maximum absolute atomic E-state index is 11.8. The molecule has 0 bridgehead atoms.